The van der Waals surface area contributed by atoms with Crippen LogP contribution in [0.5, 0.6) is 0 Å². The van der Waals surface area contributed by atoms with Crippen molar-refractivity contribution in [2.45, 2.75) is 77.6 Å². The lowest BCUT2D eigenvalue weighted by Crippen LogP contribution is -2.66. The maximum absolute atomic E-state index is 12.7. The molecule has 0 aromatic carbocycles. The highest BCUT2D eigenvalue weighted by molar-refractivity contribution is 5.74. The van der Waals surface area contributed by atoms with Crippen molar-refractivity contribution in [1.29, 1.82) is 0 Å². The van der Waals surface area contributed by atoms with Crippen LogP contribution in [0.25, 0.3) is 0 Å². The van der Waals surface area contributed by atoms with Gasteiger partial charge in [0, 0.05) is 31.7 Å². The number of ether oxygens (including phenoxy) is 1. The molecular formula is C18H31N5O2. The van der Waals surface area contributed by atoms with E-state index in [0.29, 0.717) is 12.6 Å². The zero-order valence-electron chi connectivity index (χ0n) is 15.7. The van der Waals surface area contributed by atoms with Gasteiger partial charge in [-0.05, 0) is 33.1 Å². The van der Waals surface area contributed by atoms with Crippen LogP contribution in [0.2, 0.25) is 0 Å². The number of aromatic nitrogens is 3. The number of urea groups is 1. The van der Waals surface area contributed by atoms with Crippen molar-refractivity contribution in [3.63, 3.8) is 0 Å². The molecule has 2 aliphatic rings. The summed E-state index contributed by atoms with van der Waals surface area (Å²) in [4.78, 5) is 14.6. The molecule has 2 aliphatic carbocycles. The van der Waals surface area contributed by atoms with E-state index in [1.54, 1.807) is 6.33 Å². The molecule has 1 heterocycles. The first-order valence-corrected chi connectivity index (χ1v) is 9.61. The molecule has 2 fully saturated rings. The summed E-state index contributed by atoms with van der Waals surface area (Å²) in [7, 11) is 1.92. The van der Waals surface area contributed by atoms with Gasteiger partial charge in [0.25, 0.3) is 0 Å². The normalized spacial score (nSPS) is 24.8. The molecule has 1 aromatic rings. The molecule has 0 aliphatic heterocycles. The summed E-state index contributed by atoms with van der Waals surface area (Å²) in [5.74, 6) is 0.789. The van der Waals surface area contributed by atoms with E-state index in [-0.39, 0.29) is 17.5 Å². The number of nitrogens with one attached hydrogen (secondary N) is 1. The van der Waals surface area contributed by atoms with Crippen LogP contribution in [-0.4, -0.2) is 51.5 Å². The Hall–Kier alpha value is -1.63. The molecule has 1 N–H and O–H groups in total. The van der Waals surface area contributed by atoms with E-state index in [9.17, 15) is 4.79 Å². The van der Waals surface area contributed by atoms with E-state index in [1.165, 1.54) is 32.1 Å². The van der Waals surface area contributed by atoms with Crippen LogP contribution in [0.15, 0.2) is 6.33 Å². The standard InChI is InChI=1S/C18H31N5O2/c1-4-23-13-20-21-16(23)12-19-17(24)22(3)14-11-15(25-5-2)18(14)9-7-6-8-10-18/h13-15H,4-12H2,1-3H3,(H,19,24)/t14-,15+/m1/s1. The Morgan fingerprint density at radius 2 is 2.16 bits per heavy atom. The van der Waals surface area contributed by atoms with Gasteiger partial charge < -0.3 is 19.5 Å². The zero-order valence-corrected chi connectivity index (χ0v) is 15.7. The van der Waals surface area contributed by atoms with Gasteiger partial charge in [0.15, 0.2) is 5.82 Å². The highest BCUT2D eigenvalue weighted by Crippen LogP contribution is 2.55. The maximum Gasteiger partial charge on any atom is 0.317 e. The third-order valence-corrected chi connectivity index (χ3v) is 6.12. The van der Waals surface area contributed by atoms with Crippen molar-refractivity contribution in [2.24, 2.45) is 5.41 Å². The predicted octanol–water partition coefficient (Wildman–Crippen LogP) is 2.57. The highest BCUT2D eigenvalue weighted by atomic mass is 16.5. The monoisotopic (exact) mass is 349 g/mol. The number of carbonyl (C=O) groups is 1. The molecule has 7 heteroatoms. The summed E-state index contributed by atoms with van der Waals surface area (Å²) in [5.41, 5.74) is 0.157. The number of hydrogen-bond acceptors (Lipinski definition) is 4. The lowest BCUT2D eigenvalue weighted by Gasteiger charge is -2.60. The number of nitrogens with zero attached hydrogens (tertiary/aromatic N) is 4. The average Bonchev–Trinajstić information content (AvgIpc) is 3.10. The van der Waals surface area contributed by atoms with Gasteiger partial charge >= 0.3 is 6.03 Å². The first kappa shape index (κ1) is 18.2. The van der Waals surface area contributed by atoms with Gasteiger partial charge in [0.05, 0.1) is 12.6 Å². The predicted molar refractivity (Wildman–Crippen MR) is 95.0 cm³/mol. The summed E-state index contributed by atoms with van der Waals surface area (Å²) >= 11 is 0. The number of amides is 2. The largest absolute Gasteiger partial charge is 0.378 e. The van der Waals surface area contributed by atoms with Gasteiger partial charge in [-0.15, -0.1) is 10.2 Å². The van der Waals surface area contributed by atoms with Crippen LogP contribution in [0.3, 0.4) is 0 Å². The minimum Gasteiger partial charge on any atom is -0.378 e. The van der Waals surface area contributed by atoms with Gasteiger partial charge in [-0.2, -0.15) is 0 Å². The van der Waals surface area contributed by atoms with E-state index < -0.39 is 0 Å². The minimum atomic E-state index is -0.0319. The summed E-state index contributed by atoms with van der Waals surface area (Å²) in [6.45, 7) is 6.06. The molecular weight excluding hydrogens is 318 g/mol. The third-order valence-electron chi connectivity index (χ3n) is 6.12. The number of carbonyl (C=O) groups excluding carboxylic acids is 1. The number of hydrogen-bond donors (Lipinski definition) is 1. The second-order valence-electron chi connectivity index (χ2n) is 7.29. The Bertz CT molecular complexity index is 582. The molecule has 7 nitrogen and oxygen atoms in total. The lowest BCUT2D eigenvalue weighted by atomic mass is 9.54. The highest BCUT2D eigenvalue weighted by Gasteiger charge is 2.57. The van der Waals surface area contributed by atoms with Gasteiger partial charge in [-0.1, -0.05) is 19.3 Å². The molecule has 140 valence electrons. The molecule has 2 saturated carbocycles. The van der Waals surface area contributed by atoms with Crippen LogP contribution < -0.4 is 5.32 Å². The average molecular weight is 349 g/mol. The fourth-order valence-electron chi connectivity index (χ4n) is 4.67. The molecule has 0 bridgehead atoms. The molecule has 25 heavy (non-hydrogen) atoms. The van der Waals surface area contributed by atoms with Crippen LogP contribution in [-0.2, 0) is 17.8 Å². The topological polar surface area (TPSA) is 72.3 Å². The van der Waals surface area contributed by atoms with Crippen molar-refractivity contribution >= 4 is 6.03 Å². The smallest absolute Gasteiger partial charge is 0.317 e. The Balaban J connectivity index is 1.61. The van der Waals surface area contributed by atoms with Crippen molar-refractivity contribution in [3.05, 3.63) is 12.2 Å². The molecule has 2 amide bonds. The van der Waals surface area contributed by atoms with Crippen LogP contribution in [0.4, 0.5) is 4.79 Å². The molecule has 1 aromatic heterocycles. The molecule has 3 rings (SSSR count). The summed E-state index contributed by atoms with van der Waals surface area (Å²) in [6, 6.07) is 0.240. The fraction of sp³-hybridized carbons (Fsp3) is 0.833. The van der Waals surface area contributed by atoms with E-state index in [4.69, 9.17) is 4.74 Å². The van der Waals surface area contributed by atoms with E-state index >= 15 is 0 Å². The quantitative estimate of drug-likeness (QED) is 0.857. The van der Waals surface area contributed by atoms with Crippen molar-refractivity contribution < 1.29 is 9.53 Å². The number of aryl methyl sites for hydroxylation is 1. The minimum absolute atomic E-state index is 0.0319. The molecule has 1 spiro atoms. The van der Waals surface area contributed by atoms with Gasteiger partial charge in [-0.25, -0.2) is 4.79 Å². The SMILES string of the molecule is CCO[C@H]1C[C@@H](N(C)C(=O)NCc2nncn2CC)C12CCCCC2. The van der Waals surface area contributed by atoms with Crippen LogP contribution >= 0.6 is 0 Å². The number of rotatable bonds is 6. The van der Waals surface area contributed by atoms with Gasteiger partial charge in [-0.3, -0.25) is 0 Å². The lowest BCUT2D eigenvalue weighted by molar-refractivity contribution is -0.170. The molecule has 0 saturated heterocycles. The molecule has 0 unspecified atom stereocenters. The van der Waals surface area contributed by atoms with Crippen LogP contribution in [0, 0.1) is 5.41 Å². The van der Waals surface area contributed by atoms with Gasteiger partial charge in [0.2, 0.25) is 0 Å². The summed E-state index contributed by atoms with van der Waals surface area (Å²) in [6.07, 6.45) is 9.08. The van der Waals surface area contributed by atoms with Crippen molar-refractivity contribution in [3.8, 4) is 0 Å². The second kappa shape index (κ2) is 7.72. The Labute approximate surface area is 150 Å². The molecule has 0 radical (unpaired) electrons. The Morgan fingerprint density at radius 3 is 2.84 bits per heavy atom. The third kappa shape index (κ3) is 3.38. The Morgan fingerprint density at radius 1 is 1.40 bits per heavy atom. The van der Waals surface area contributed by atoms with E-state index in [0.717, 1.165) is 25.4 Å². The van der Waals surface area contributed by atoms with Gasteiger partial charge in [0.1, 0.15) is 6.33 Å². The zero-order chi connectivity index (χ0) is 17.9. The van der Waals surface area contributed by atoms with E-state index in [2.05, 4.69) is 22.4 Å². The fourth-order valence-corrected chi connectivity index (χ4v) is 4.67. The summed E-state index contributed by atoms with van der Waals surface area (Å²) in [5, 5.41) is 11.0. The van der Waals surface area contributed by atoms with Crippen molar-refractivity contribution in [2.75, 3.05) is 13.7 Å². The summed E-state index contributed by atoms with van der Waals surface area (Å²) < 4.78 is 7.94. The first-order valence-electron chi connectivity index (χ1n) is 9.61. The second-order valence-corrected chi connectivity index (χ2v) is 7.29. The molecule has 2 atom stereocenters. The van der Waals surface area contributed by atoms with Crippen molar-refractivity contribution in [1.82, 2.24) is 25.0 Å². The first-order chi connectivity index (χ1) is 12.1. The van der Waals surface area contributed by atoms with E-state index in [1.807, 2.05) is 23.4 Å². The maximum atomic E-state index is 12.7. The Kier molecular flexibility index (Phi) is 5.61. The van der Waals surface area contributed by atoms with Crippen LogP contribution in [0.1, 0.15) is 58.2 Å².